The van der Waals surface area contributed by atoms with E-state index in [2.05, 4.69) is 29.1 Å². The average Bonchev–Trinajstić information content (AvgIpc) is 2.47. The predicted molar refractivity (Wildman–Crippen MR) is 87.0 cm³/mol. The predicted octanol–water partition coefficient (Wildman–Crippen LogP) is 3.80. The molecule has 0 saturated heterocycles. The summed E-state index contributed by atoms with van der Waals surface area (Å²) in [7, 11) is 0. The highest BCUT2D eigenvalue weighted by molar-refractivity contribution is 7.98. The molecule has 0 bridgehead atoms. The Labute approximate surface area is 130 Å². The first kappa shape index (κ1) is 15.8. The maximum atomic E-state index is 5.80. The minimum atomic E-state index is 0.391. The van der Waals surface area contributed by atoms with Gasteiger partial charge in [0, 0.05) is 34.9 Å². The number of nitrogens with zero attached hydrogens (tertiary/aromatic N) is 2. The lowest BCUT2D eigenvalue weighted by Crippen LogP contribution is -2.22. The Bertz CT molecular complexity index is 602. The fourth-order valence-corrected chi connectivity index (χ4v) is 2.33. The largest absolute Gasteiger partial charge is 0.423 e. The first-order chi connectivity index (χ1) is 10.1. The van der Waals surface area contributed by atoms with Crippen molar-refractivity contribution >= 4 is 11.8 Å². The van der Waals surface area contributed by atoms with E-state index in [1.807, 2.05) is 43.6 Å². The quantitative estimate of drug-likeness (QED) is 0.823. The summed E-state index contributed by atoms with van der Waals surface area (Å²) in [5, 5.41) is 3.37. The maximum absolute atomic E-state index is 5.80. The lowest BCUT2D eigenvalue weighted by molar-refractivity contribution is 0.429. The van der Waals surface area contributed by atoms with Gasteiger partial charge in [0.2, 0.25) is 0 Å². The van der Waals surface area contributed by atoms with Crippen LogP contribution in [-0.4, -0.2) is 22.3 Å². The molecule has 0 saturated carbocycles. The molecule has 112 valence electrons. The van der Waals surface area contributed by atoms with Gasteiger partial charge in [-0.1, -0.05) is 26.0 Å². The van der Waals surface area contributed by atoms with E-state index in [-0.39, 0.29) is 0 Å². The second-order valence-corrected chi connectivity index (χ2v) is 5.90. The van der Waals surface area contributed by atoms with Gasteiger partial charge >= 0.3 is 6.01 Å². The number of hydrogen-bond donors (Lipinski definition) is 1. The molecule has 1 aromatic heterocycles. The zero-order valence-corrected chi connectivity index (χ0v) is 13.7. The van der Waals surface area contributed by atoms with E-state index in [4.69, 9.17) is 4.74 Å². The van der Waals surface area contributed by atoms with E-state index in [0.29, 0.717) is 12.1 Å². The van der Waals surface area contributed by atoms with Gasteiger partial charge in [-0.15, -0.1) is 11.8 Å². The van der Waals surface area contributed by atoms with E-state index < -0.39 is 0 Å². The van der Waals surface area contributed by atoms with Crippen LogP contribution in [0.15, 0.2) is 35.4 Å². The van der Waals surface area contributed by atoms with Crippen LogP contribution in [0.2, 0.25) is 0 Å². The molecule has 0 fully saturated rings. The summed E-state index contributed by atoms with van der Waals surface area (Å²) in [5.41, 5.74) is 2.03. The number of benzene rings is 1. The van der Waals surface area contributed by atoms with Crippen molar-refractivity contribution in [3.05, 3.63) is 41.7 Å². The smallest absolute Gasteiger partial charge is 0.322 e. The second kappa shape index (κ2) is 7.43. The number of aromatic nitrogens is 2. The molecule has 2 aromatic rings. The third-order valence-electron chi connectivity index (χ3n) is 3.03. The normalized spacial score (nSPS) is 10.9. The second-order valence-electron chi connectivity index (χ2n) is 5.05. The molecular weight excluding hydrogens is 282 g/mol. The molecule has 0 aliphatic heterocycles. The first-order valence-electron chi connectivity index (χ1n) is 6.97. The lowest BCUT2D eigenvalue weighted by Gasteiger charge is -2.11. The van der Waals surface area contributed by atoms with Crippen LogP contribution in [0.3, 0.4) is 0 Å². The molecule has 5 heteroatoms. The Morgan fingerprint density at radius 2 is 2.05 bits per heavy atom. The molecule has 1 N–H and O–H groups in total. The van der Waals surface area contributed by atoms with E-state index in [1.165, 1.54) is 0 Å². The van der Waals surface area contributed by atoms with E-state index in [9.17, 15) is 0 Å². The van der Waals surface area contributed by atoms with Crippen molar-refractivity contribution in [3.8, 4) is 11.8 Å². The molecule has 1 heterocycles. The van der Waals surface area contributed by atoms with Crippen molar-refractivity contribution in [2.45, 2.75) is 38.3 Å². The zero-order chi connectivity index (χ0) is 15.2. The fourth-order valence-electron chi connectivity index (χ4n) is 1.81. The van der Waals surface area contributed by atoms with Crippen LogP contribution in [0.1, 0.15) is 25.1 Å². The number of hydrogen-bond acceptors (Lipinski definition) is 5. The molecule has 4 nitrogen and oxygen atoms in total. The third kappa shape index (κ3) is 4.44. The number of nitrogens with one attached hydrogen (secondary N) is 1. The van der Waals surface area contributed by atoms with Gasteiger partial charge in [0.1, 0.15) is 5.75 Å². The summed E-state index contributed by atoms with van der Waals surface area (Å²) in [6, 6.07) is 8.72. The number of aryl methyl sites for hydroxylation is 1. The average molecular weight is 303 g/mol. The summed E-state index contributed by atoms with van der Waals surface area (Å²) in [5.74, 6) is 0.789. The molecule has 0 aliphatic carbocycles. The van der Waals surface area contributed by atoms with Crippen LogP contribution in [0.5, 0.6) is 11.8 Å². The molecule has 2 rings (SSSR count). The molecular formula is C16H21N3OS. The van der Waals surface area contributed by atoms with Gasteiger partial charge in [-0.05, 0) is 25.3 Å². The summed E-state index contributed by atoms with van der Waals surface area (Å²) in [6.45, 7) is 6.98. The van der Waals surface area contributed by atoms with Gasteiger partial charge in [-0.25, -0.2) is 4.98 Å². The van der Waals surface area contributed by atoms with Crippen molar-refractivity contribution < 1.29 is 4.74 Å². The van der Waals surface area contributed by atoms with E-state index in [0.717, 1.165) is 28.4 Å². The Balaban J connectivity index is 2.13. The SMILES string of the molecule is CSc1ccccc1Oc1ncc(CNC(C)C)c(C)n1. The zero-order valence-electron chi connectivity index (χ0n) is 12.9. The van der Waals surface area contributed by atoms with Gasteiger partial charge < -0.3 is 10.1 Å². The van der Waals surface area contributed by atoms with Crippen LogP contribution < -0.4 is 10.1 Å². The fraction of sp³-hybridized carbons (Fsp3) is 0.375. The first-order valence-corrected chi connectivity index (χ1v) is 8.19. The maximum Gasteiger partial charge on any atom is 0.322 e. The van der Waals surface area contributed by atoms with Gasteiger partial charge in [0.15, 0.2) is 0 Å². The molecule has 1 aromatic carbocycles. The third-order valence-corrected chi connectivity index (χ3v) is 3.81. The molecule has 21 heavy (non-hydrogen) atoms. The van der Waals surface area contributed by atoms with E-state index in [1.54, 1.807) is 11.8 Å². The minimum Gasteiger partial charge on any atom is -0.423 e. The molecule has 0 radical (unpaired) electrons. The number of rotatable bonds is 6. The number of thioether (sulfide) groups is 1. The van der Waals surface area contributed by atoms with Crippen LogP contribution in [0.4, 0.5) is 0 Å². The molecule has 0 aliphatic rings. The van der Waals surface area contributed by atoms with Crippen LogP contribution in [-0.2, 0) is 6.54 Å². The van der Waals surface area contributed by atoms with Crippen molar-refractivity contribution in [2.75, 3.05) is 6.26 Å². The summed E-state index contributed by atoms with van der Waals surface area (Å²) >= 11 is 1.64. The van der Waals surface area contributed by atoms with Crippen molar-refractivity contribution in [2.24, 2.45) is 0 Å². The molecule has 0 amide bonds. The monoisotopic (exact) mass is 303 g/mol. The minimum absolute atomic E-state index is 0.391. The topological polar surface area (TPSA) is 47.0 Å². The van der Waals surface area contributed by atoms with Crippen LogP contribution in [0.25, 0.3) is 0 Å². The Kier molecular flexibility index (Phi) is 5.59. The summed E-state index contributed by atoms with van der Waals surface area (Å²) in [6.07, 6.45) is 3.85. The summed E-state index contributed by atoms with van der Waals surface area (Å²) < 4.78 is 5.80. The highest BCUT2D eigenvalue weighted by Crippen LogP contribution is 2.29. The summed E-state index contributed by atoms with van der Waals surface area (Å²) in [4.78, 5) is 9.82. The van der Waals surface area contributed by atoms with E-state index >= 15 is 0 Å². The van der Waals surface area contributed by atoms with Gasteiger partial charge in [0.25, 0.3) is 0 Å². The lowest BCUT2D eigenvalue weighted by atomic mass is 10.2. The standard InChI is InChI=1S/C16H21N3OS/c1-11(2)17-9-13-10-18-16(19-12(13)3)20-14-7-5-6-8-15(14)21-4/h5-8,10-11,17H,9H2,1-4H3. The van der Waals surface area contributed by atoms with Gasteiger partial charge in [-0.2, -0.15) is 4.98 Å². The Morgan fingerprint density at radius 3 is 2.71 bits per heavy atom. The highest BCUT2D eigenvalue weighted by Gasteiger charge is 2.08. The van der Waals surface area contributed by atoms with Crippen molar-refractivity contribution in [3.63, 3.8) is 0 Å². The Hall–Kier alpha value is -1.59. The highest BCUT2D eigenvalue weighted by atomic mass is 32.2. The van der Waals surface area contributed by atoms with Crippen molar-refractivity contribution in [1.29, 1.82) is 0 Å². The molecule has 0 spiro atoms. The van der Waals surface area contributed by atoms with Crippen LogP contribution in [0, 0.1) is 6.92 Å². The molecule has 0 unspecified atom stereocenters. The number of ether oxygens (including phenoxy) is 1. The number of para-hydroxylation sites is 1. The molecule has 0 atom stereocenters. The van der Waals surface area contributed by atoms with Gasteiger partial charge in [-0.3, -0.25) is 0 Å². The van der Waals surface area contributed by atoms with Crippen molar-refractivity contribution in [1.82, 2.24) is 15.3 Å². The Morgan fingerprint density at radius 1 is 1.29 bits per heavy atom. The van der Waals surface area contributed by atoms with Gasteiger partial charge in [0.05, 0.1) is 0 Å². The van der Waals surface area contributed by atoms with Crippen LogP contribution >= 0.6 is 11.8 Å².